The Bertz CT molecular complexity index is 904. The molecule has 3 aromatic rings. The lowest BCUT2D eigenvalue weighted by molar-refractivity contribution is -0.140. The Morgan fingerprint density at radius 1 is 1.16 bits per heavy atom. The molecular weight excluding hydrogens is 378 g/mol. The van der Waals surface area contributed by atoms with Crippen LogP contribution in [-0.4, -0.2) is 15.9 Å². The predicted molar refractivity (Wildman–Crippen MR) is 87.0 cm³/mol. The van der Waals surface area contributed by atoms with E-state index < -0.39 is 23.6 Å². The summed E-state index contributed by atoms with van der Waals surface area (Å²) < 4.78 is 50.6. The Labute approximate surface area is 147 Å². The molecule has 1 amide bonds. The summed E-state index contributed by atoms with van der Waals surface area (Å²) in [7, 11) is 0. The molecule has 0 bridgehead atoms. The summed E-state index contributed by atoms with van der Waals surface area (Å²) in [5, 5.41) is 5.21. The van der Waals surface area contributed by atoms with Gasteiger partial charge in [-0.05, 0) is 12.1 Å². The number of alkyl halides is 3. The molecule has 1 N–H and O–H groups in total. The van der Waals surface area contributed by atoms with Gasteiger partial charge in [0.2, 0.25) is 5.91 Å². The smallest absolute Gasteiger partial charge is 0.302 e. The molecule has 0 fully saturated rings. The van der Waals surface area contributed by atoms with E-state index in [2.05, 4.69) is 15.3 Å². The van der Waals surface area contributed by atoms with Crippen LogP contribution in [0.3, 0.4) is 0 Å². The molecule has 0 aliphatic heterocycles. The van der Waals surface area contributed by atoms with E-state index in [4.69, 9.17) is 0 Å². The van der Waals surface area contributed by atoms with Gasteiger partial charge in [0.1, 0.15) is 10.8 Å². The Balaban J connectivity index is 1.65. The van der Waals surface area contributed by atoms with E-state index in [1.807, 2.05) is 0 Å². The molecule has 2 heterocycles. The third-order valence-electron chi connectivity index (χ3n) is 3.01. The Morgan fingerprint density at radius 2 is 1.96 bits per heavy atom. The zero-order chi connectivity index (χ0) is 18.0. The zero-order valence-corrected chi connectivity index (χ0v) is 13.9. The van der Waals surface area contributed by atoms with Crippen molar-refractivity contribution in [3.05, 3.63) is 52.2 Å². The normalized spacial score (nSPS) is 11.5. The summed E-state index contributed by atoms with van der Waals surface area (Å²) in [6.45, 7) is 0. The van der Waals surface area contributed by atoms with Crippen molar-refractivity contribution >= 4 is 33.7 Å². The van der Waals surface area contributed by atoms with Crippen molar-refractivity contribution in [3.63, 3.8) is 0 Å². The number of hydrogen-bond acceptors (Lipinski definition) is 5. The summed E-state index contributed by atoms with van der Waals surface area (Å²) in [5.41, 5.74) is -0.0180. The van der Waals surface area contributed by atoms with Gasteiger partial charge in [-0.1, -0.05) is 12.1 Å². The molecule has 4 nitrogen and oxygen atoms in total. The van der Waals surface area contributed by atoms with E-state index in [0.717, 1.165) is 5.38 Å². The highest BCUT2D eigenvalue weighted by molar-refractivity contribution is 7.14. The summed E-state index contributed by atoms with van der Waals surface area (Å²) >= 11 is 1.94. The van der Waals surface area contributed by atoms with Crippen LogP contribution in [0.25, 0.3) is 10.6 Å². The first-order valence-electron chi connectivity index (χ1n) is 6.84. The van der Waals surface area contributed by atoms with Crippen molar-refractivity contribution < 1.29 is 22.4 Å². The number of amides is 1. The highest BCUT2D eigenvalue weighted by Gasteiger charge is 2.33. The standard InChI is InChI=1S/C15H9F4N3OS2/c16-9-3-1-2-8(4-9)13-20-10(6-24-13)5-12(23)22-14-21-11(7-25-14)15(17,18)19/h1-4,6-7H,5H2,(H,21,22,23). The number of hydrogen-bond donors (Lipinski definition) is 1. The van der Waals surface area contributed by atoms with E-state index in [1.54, 1.807) is 17.5 Å². The molecule has 10 heteroatoms. The molecule has 1 aromatic carbocycles. The third kappa shape index (κ3) is 4.40. The second-order valence-corrected chi connectivity index (χ2v) is 6.63. The van der Waals surface area contributed by atoms with Gasteiger partial charge in [0, 0.05) is 16.3 Å². The van der Waals surface area contributed by atoms with Gasteiger partial charge in [-0.25, -0.2) is 14.4 Å². The van der Waals surface area contributed by atoms with E-state index >= 15 is 0 Å². The molecule has 25 heavy (non-hydrogen) atoms. The molecule has 3 rings (SSSR count). The minimum Gasteiger partial charge on any atom is -0.302 e. The molecule has 0 aliphatic carbocycles. The second-order valence-electron chi connectivity index (χ2n) is 4.91. The zero-order valence-electron chi connectivity index (χ0n) is 12.3. The summed E-state index contributed by atoms with van der Waals surface area (Å²) in [4.78, 5) is 19.5. The van der Waals surface area contributed by atoms with Crippen molar-refractivity contribution in [3.8, 4) is 10.6 Å². The average molecular weight is 387 g/mol. The maximum Gasteiger partial charge on any atom is 0.434 e. The molecular formula is C15H9F4N3OS2. The van der Waals surface area contributed by atoms with Crippen LogP contribution in [0.2, 0.25) is 0 Å². The molecule has 2 aromatic heterocycles. The number of rotatable bonds is 4. The molecule has 0 radical (unpaired) electrons. The van der Waals surface area contributed by atoms with Gasteiger partial charge in [0.25, 0.3) is 0 Å². The van der Waals surface area contributed by atoms with Gasteiger partial charge >= 0.3 is 6.18 Å². The first-order valence-corrected chi connectivity index (χ1v) is 8.60. The maximum atomic E-state index is 13.2. The van der Waals surface area contributed by atoms with Crippen LogP contribution in [0.1, 0.15) is 11.4 Å². The van der Waals surface area contributed by atoms with Crippen molar-refractivity contribution in [2.45, 2.75) is 12.6 Å². The summed E-state index contributed by atoms with van der Waals surface area (Å²) in [6.07, 6.45) is -4.67. The lowest BCUT2D eigenvalue weighted by Crippen LogP contribution is -2.15. The first kappa shape index (κ1) is 17.5. The number of carbonyl (C=O) groups is 1. The fourth-order valence-corrected chi connectivity index (χ4v) is 3.48. The Kier molecular flexibility index (Phi) is 4.82. The minimum absolute atomic E-state index is 0.118. The molecule has 0 atom stereocenters. The molecule has 0 saturated carbocycles. The number of benzene rings is 1. The SMILES string of the molecule is O=C(Cc1csc(-c2cccc(F)c2)n1)Nc1nc(C(F)(F)F)cs1. The second kappa shape index (κ2) is 6.89. The van der Waals surface area contributed by atoms with Gasteiger partial charge in [-0.15, -0.1) is 22.7 Å². The molecule has 0 spiro atoms. The van der Waals surface area contributed by atoms with Gasteiger partial charge in [0.15, 0.2) is 10.8 Å². The summed E-state index contributed by atoms with van der Waals surface area (Å²) in [6, 6.07) is 5.89. The van der Waals surface area contributed by atoms with Crippen molar-refractivity contribution in [1.82, 2.24) is 9.97 Å². The lowest BCUT2D eigenvalue weighted by atomic mass is 10.2. The van der Waals surface area contributed by atoms with Crippen molar-refractivity contribution in [1.29, 1.82) is 0 Å². The Hall–Kier alpha value is -2.33. The number of thiazole rings is 2. The van der Waals surface area contributed by atoms with Crippen molar-refractivity contribution in [2.75, 3.05) is 5.32 Å². The number of anilines is 1. The first-order chi connectivity index (χ1) is 11.8. The van der Waals surface area contributed by atoms with Crippen LogP contribution >= 0.6 is 22.7 Å². The maximum absolute atomic E-state index is 13.2. The third-order valence-corrected chi connectivity index (χ3v) is 4.70. The summed E-state index contributed by atoms with van der Waals surface area (Å²) in [5.74, 6) is -0.921. The van der Waals surface area contributed by atoms with Crippen molar-refractivity contribution in [2.24, 2.45) is 0 Å². The van der Waals surface area contributed by atoms with Gasteiger partial charge in [-0.3, -0.25) is 4.79 Å². The van der Waals surface area contributed by atoms with Crippen LogP contribution in [0.4, 0.5) is 22.7 Å². The van der Waals surface area contributed by atoms with E-state index in [9.17, 15) is 22.4 Å². The largest absolute Gasteiger partial charge is 0.434 e. The Morgan fingerprint density at radius 3 is 2.64 bits per heavy atom. The van der Waals surface area contributed by atoms with Gasteiger partial charge in [0.05, 0.1) is 12.1 Å². The number of nitrogens with one attached hydrogen (secondary N) is 1. The average Bonchev–Trinajstić information content (AvgIpc) is 3.16. The van der Waals surface area contributed by atoms with Gasteiger partial charge < -0.3 is 5.32 Å². The molecule has 0 aliphatic rings. The topological polar surface area (TPSA) is 54.9 Å². The minimum atomic E-state index is -4.55. The number of halogens is 4. The highest BCUT2D eigenvalue weighted by atomic mass is 32.1. The number of aromatic nitrogens is 2. The number of nitrogens with zero attached hydrogens (tertiary/aromatic N) is 2. The monoisotopic (exact) mass is 387 g/mol. The molecule has 0 unspecified atom stereocenters. The number of carbonyl (C=O) groups excluding carboxylic acids is 1. The van der Waals surface area contributed by atoms with E-state index in [1.165, 1.54) is 23.5 Å². The van der Waals surface area contributed by atoms with E-state index in [-0.39, 0.29) is 11.6 Å². The van der Waals surface area contributed by atoms with Crippen LogP contribution in [0, 0.1) is 5.82 Å². The van der Waals surface area contributed by atoms with Crippen LogP contribution in [0.15, 0.2) is 35.0 Å². The van der Waals surface area contributed by atoms with E-state index in [0.29, 0.717) is 27.6 Å². The fourth-order valence-electron chi connectivity index (χ4n) is 1.93. The fraction of sp³-hybridized carbons (Fsp3) is 0.133. The van der Waals surface area contributed by atoms with Crippen LogP contribution in [0.5, 0.6) is 0 Å². The van der Waals surface area contributed by atoms with Crippen LogP contribution in [-0.2, 0) is 17.4 Å². The predicted octanol–water partition coefficient (Wildman–Crippen LogP) is 4.61. The lowest BCUT2D eigenvalue weighted by Gasteiger charge is -2.01. The quantitative estimate of drug-likeness (QED) is 0.666. The molecule has 0 saturated heterocycles. The van der Waals surface area contributed by atoms with Gasteiger partial charge in [-0.2, -0.15) is 13.2 Å². The highest BCUT2D eigenvalue weighted by Crippen LogP contribution is 2.31. The van der Waals surface area contributed by atoms with Crippen LogP contribution < -0.4 is 5.32 Å². The molecule has 130 valence electrons.